The summed E-state index contributed by atoms with van der Waals surface area (Å²) in [6.45, 7) is 0. The van der Waals surface area contributed by atoms with Crippen molar-refractivity contribution in [1.82, 2.24) is 5.32 Å². The largest absolute Gasteiger partial charge is 0.451 e. The molecule has 0 unspecified atom stereocenters. The number of rotatable bonds is 3. The fraction of sp³-hybridized carbons (Fsp3) is 0.0588. The third kappa shape index (κ3) is 3.05. The van der Waals surface area contributed by atoms with E-state index >= 15 is 0 Å². The highest BCUT2D eigenvalue weighted by Gasteiger charge is 2.15. The summed E-state index contributed by atoms with van der Waals surface area (Å²) in [5, 5.41) is 6.35. The molecule has 116 valence electrons. The molecule has 2 N–H and O–H groups in total. The number of fused-ring (bicyclic) bond motifs is 1. The van der Waals surface area contributed by atoms with Gasteiger partial charge in [-0.1, -0.05) is 29.8 Å². The molecule has 1 aromatic heterocycles. The van der Waals surface area contributed by atoms with E-state index in [0.717, 1.165) is 5.39 Å². The minimum atomic E-state index is -0.433. The van der Waals surface area contributed by atoms with Gasteiger partial charge in [-0.05, 0) is 30.3 Å². The lowest BCUT2D eigenvalue weighted by molar-refractivity contribution is 0.0960. The quantitative estimate of drug-likeness (QED) is 0.770. The van der Waals surface area contributed by atoms with Crippen LogP contribution in [0.1, 0.15) is 20.9 Å². The smallest absolute Gasteiger partial charge is 0.291 e. The molecule has 0 aliphatic heterocycles. The Hall–Kier alpha value is -2.79. The normalized spacial score (nSPS) is 10.5. The first-order chi connectivity index (χ1) is 11.1. The molecule has 0 aliphatic rings. The maximum absolute atomic E-state index is 12.3. The van der Waals surface area contributed by atoms with E-state index in [9.17, 15) is 9.59 Å². The molecular formula is C17H13ClN2O3. The van der Waals surface area contributed by atoms with E-state index < -0.39 is 5.91 Å². The summed E-state index contributed by atoms with van der Waals surface area (Å²) in [6, 6.07) is 13.6. The van der Waals surface area contributed by atoms with Crippen LogP contribution in [-0.2, 0) is 0 Å². The third-order valence-electron chi connectivity index (χ3n) is 3.35. The maximum atomic E-state index is 12.3. The van der Waals surface area contributed by atoms with E-state index in [1.54, 1.807) is 24.3 Å². The number of halogens is 1. The second kappa shape index (κ2) is 6.14. The van der Waals surface area contributed by atoms with Crippen molar-refractivity contribution in [2.75, 3.05) is 12.4 Å². The highest BCUT2D eigenvalue weighted by Crippen LogP contribution is 2.25. The van der Waals surface area contributed by atoms with Gasteiger partial charge in [0.25, 0.3) is 11.8 Å². The van der Waals surface area contributed by atoms with Gasteiger partial charge in [0, 0.05) is 18.0 Å². The monoisotopic (exact) mass is 328 g/mol. The topological polar surface area (TPSA) is 71.3 Å². The standard InChI is InChI=1S/C17H13ClN2O3/c1-19-16(21)11-6-7-12(18)13(8-11)20-17(22)15-9-10-4-2-3-5-14(10)23-15/h2-9H,1H3,(H,19,21)(H,20,22). The number of para-hydroxylation sites is 1. The molecule has 0 atom stereocenters. The van der Waals surface area contributed by atoms with E-state index in [1.807, 2.05) is 18.2 Å². The van der Waals surface area contributed by atoms with Crippen molar-refractivity contribution >= 4 is 40.1 Å². The summed E-state index contributed by atoms with van der Waals surface area (Å²) in [6.07, 6.45) is 0. The van der Waals surface area contributed by atoms with Crippen LogP contribution in [0.3, 0.4) is 0 Å². The van der Waals surface area contributed by atoms with Gasteiger partial charge < -0.3 is 15.1 Å². The van der Waals surface area contributed by atoms with Crippen molar-refractivity contribution in [1.29, 1.82) is 0 Å². The van der Waals surface area contributed by atoms with Crippen molar-refractivity contribution in [2.24, 2.45) is 0 Å². The van der Waals surface area contributed by atoms with Gasteiger partial charge >= 0.3 is 0 Å². The van der Waals surface area contributed by atoms with Crippen LogP contribution < -0.4 is 10.6 Å². The van der Waals surface area contributed by atoms with Crippen LogP contribution in [0.2, 0.25) is 5.02 Å². The van der Waals surface area contributed by atoms with Gasteiger partial charge in [-0.2, -0.15) is 0 Å². The maximum Gasteiger partial charge on any atom is 0.291 e. The molecule has 0 aliphatic carbocycles. The van der Waals surface area contributed by atoms with Crippen LogP contribution in [0.25, 0.3) is 11.0 Å². The molecule has 0 bridgehead atoms. The first kappa shape index (κ1) is 15.1. The van der Waals surface area contributed by atoms with Gasteiger partial charge in [0.1, 0.15) is 5.58 Å². The summed E-state index contributed by atoms with van der Waals surface area (Å²) in [5.74, 6) is -0.523. The zero-order valence-corrected chi connectivity index (χ0v) is 13.0. The number of hydrogen-bond donors (Lipinski definition) is 2. The van der Waals surface area contributed by atoms with Gasteiger partial charge in [-0.25, -0.2) is 0 Å². The molecule has 3 rings (SSSR count). The average Bonchev–Trinajstić information content (AvgIpc) is 3.00. The zero-order chi connectivity index (χ0) is 16.4. The molecule has 0 spiro atoms. The lowest BCUT2D eigenvalue weighted by atomic mass is 10.2. The number of anilines is 1. The Bertz CT molecular complexity index is 869. The molecule has 0 fully saturated rings. The van der Waals surface area contributed by atoms with Crippen LogP contribution in [0.4, 0.5) is 5.69 Å². The Kier molecular flexibility index (Phi) is 4.04. The minimum Gasteiger partial charge on any atom is -0.451 e. The molecule has 0 saturated carbocycles. The van der Waals surface area contributed by atoms with E-state index in [4.69, 9.17) is 16.0 Å². The Balaban J connectivity index is 1.88. The molecule has 1 heterocycles. The number of amides is 2. The van der Waals surface area contributed by atoms with Crippen molar-refractivity contribution in [3.8, 4) is 0 Å². The van der Waals surface area contributed by atoms with Gasteiger partial charge in [0.05, 0.1) is 10.7 Å². The summed E-state index contributed by atoms with van der Waals surface area (Å²) >= 11 is 6.08. The Labute approximate surface area is 137 Å². The molecule has 2 amide bonds. The zero-order valence-electron chi connectivity index (χ0n) is 12.2. The van der Waals surface area contributed by atoms with Crippen LogP contribution in [-0.4, -0.2) is 18.9 Å². The summed E-state index contributed by atoms with van der Waals surface area (Å²) in [4.78, 5) is 24.0. The van der Waals surface area contributed by atoms with Crippen molar-refractivity contribution in [3.63, 3.8) is 0 Å². The Morgan fingerprint density at radius 1 is 1.04 bits per heavy atom. The third-order valence-corrected chi connectivity index (χ3v) is 3.68. The fourth-order valence-electron chi connectivity index (χ4n) is 2.18. The SMILES string of the molecule is CNC(=O)c1ccc(Cl)c(NC(=O)c2cc3ccccc3o2)c1. The molecule has 0 saturated heterocycles. The number of nitrogens with one attached hydrogen (secondary N) is 2. The second-order valence-electron chi connectivity index (χ2n) is 4.88. The van der Waals surface area contributed by atoms with E-state index in [2.05, 4.69) is 10.6 Å². The molecular weight excluding hydrogens is 316 g/mol. The molecule has 5 nitrogen and oxygen atoms in total. The Morgan fingerprint density at radius 2 is 1.83 bits per heavy atom. The van der Waals surface area contributed by atoms with E-state index in [0.29, 0.717) is 21.9 Å². The number of carbonyl (C=O) groups excluding carboxylic acids is 2. The number of furan rings is 1. The fourth-order valence-corrected chi connectivity index (χ4v) is 2.35. The summed E-state index contributed by atoms with van der Waals surface area (Å²) < 4.78 is 5.51. The van der Waals surface area contributed by atoms with Gasteiger partial charge in [0.15, 0.2) is 5.76 Å². The predicted octanol–water partition coefficient (Wildman–Crippen LogP) is 3.70. The predicted molar refractivity (Wildman–Crippen MR) is 89.0 cm³/mol. The van der Waals surface area contributed by atoms with Gasteiger partial charge in [-0.15, -0.1) is 0 Å². The highest BCUT2D eigenvalue weighted by molar-refractivity contribution is 6.34. The van der Waals surface area contributed by atoms with Crippen molar-refractivity contribution < 1.29 is 14.0 Å². The molecule has 2 aromatic carbocycles. The number of benzene rings is 2. The summed E-state index contributed by atoms with van der Waals surface area (Å²) in [7, 11) is 1.53. The van der Waals surface area contributed by atoms with Gasteiger partial charge in [0.2, 0.25) is 0 Å². The molecule has 3 aromatic rings. The van der Waals surface area contributed by atoms with Crippen LogP contribution in [0.5, 0.6) is 0 Å². The first-order valence-corrected chi connectivity index (χ1v) is 7.28. The molecule has 23 heavy (non-hydrogen) atoms. The Morgan fingerprint density at radius 3 is 2.57 bits per heavy atom. The minimum absolute atomic E-state index is 0.174. The van der Waals surface area contributed by atoms with Crippen molar-refractivity contribution in [2.45, 2.75) is 0 Å². The number of carbonyl (C=O) groups is 2. The van der Waals surface area contributed by atoms with Crippen LogP contribution in [0.15, 0.2) is 52.9 Å². The number of hydrogen-bond acceptors (Lipinski definition) is 3. The molecule has 6 heteroatoms. The average molecular weight is 329 g/mol. The lowest BCUT2D eigenvalue weighted by Gasteiger charge is -2.08. The van der Waals surface area contributed by atoms with Gasteiger partial charge in [-0.3, -0.25) is 9.59 Å². The van der Waals surface area contributed by atoms with E-state index in [-0.39, 0.29) is 11.7 Å². The second-order valence-corrected chi connectivity index (χ2v) is 5.28. The highest BCUT2D eigenvalue weighted by atomic mass is 35.5. The lowest BCUT2D eigenvalue weighted by Crippen LogP contribution is -2.18. The summed E-state index contributed by atoms with van der Waals surface area (Å²) in [5.41, 5.74) is 1.37. The first-order valence-electron chi connectivity index (χ1n) is 6.90. The van der Waals surface area contributed by atoms with E-state index in [1.165, 1.54) is 13.1 Å². The van der Waals surface area contributed by atoms with Crippen LogP contribution in [0, 0.1) is 0 Å². The van der Waals surface area contributed by atoms with Crippen molar-refractivity contribution in [3.05, 3.63) is 64.9 Å². The van der Waals surface area contributed by atoms with Crippen LogP contribution >= 0.6 is 11.6 Å². The molecule has 0 radical (unpaired) electrons.